The largest absolute Gasteiger partial charge is 0.368 e. The van der Waals surface area contributed by atoms with Gasteiger partial charge in [0.2, 0.25) is 5.89 Å². The van der Waals surface area contributed by atoms with Crippen molar-refractivity contribution in [2.75, 3.05) is 31.1 Å². The molecule has 8 heteroatoms. The van der Waals surface area contributed by atoms with Crippen molar-refractivity contribution in [3.63, 3.8) is 0 Å². The number of rotatable bonds is 5. The molecule has 0 saturated carbocycles. The highest BCUT2D eigenvalue weighted by Crippen LogP contribution is 2.41. The van der Waals surface area contributed by atoms with Crippen LogP contribution < -0.4 is 15.5 Å². The zero-order valence-electron chi connectivity index (χ0n) is 19.6. The minimum absolute atomic E-state index is 0.0598. The third kappa shape index (κ3) is 4.11. The Balaban J connectivity index is 1.28. The lowest BCUT2D eigenvalue weighted by Gasteiger charge is -2.57. The van der Waals surface area contributed by atoms with Gasteiger partial charge in [0.15, 0.2) is 0 Å². The van der Waals surface area contributed by atoms with Crippen molar-refractivity contribution in [2.45, 2.75) is 39.7 Å². The van der Waals surface area contributed by atoms with E-state index in [2.05, 4.69) is 61.8 Å². The molecule has 0 unspecified atom stereocenters. The maximum Gasteiger partial charge on any atom is 0.292 e. The molecule has 0 bridgehead atoms. The quantitative estimate of drug-likeness (QED) is 0.622. The fourth-order valence-corrected chi connectivity index (χ4v) is 4.45. The summed E-state index contributed by atoms with van der Waals surface area (Å²) < 4.78 is 5.22. The van der Waals surface area contributed by atoms with Gasteiger partial charge in [-0.1, -0.05) is 44.1 Å². The molecular weight excluding hydrogens is 416 g/mol. The van der Waals surface area contributed by atoms with E-state index in [1.807, 2.05) is 33.2 Å². The van der Waals surface area contributed by atoms with Gasteiger partial charge in [-0.3, -0.25) is 9.78 Å². The normalized spacial score (nSPS) is 16.9. The summed E-state index contributed by atoms with van der Waals surface area (Å²) in [6.45, 7) is 12.7. The number of hydrogen-bond acceptors (Lipinski definition) is 7. The monoisotopic (exact) mass is 446 g/mol. The van der Waals surface area contributed by atoms with Crippen LogP contribution in [-0.4, -0.2) is 47.2 Å². The highest BCUT2D eigenvalue weighted by Gasteiger charge is 2.48. The van der Waals surface area contributed by atoms with Crippen molar-refractivity contribution in [2.24, 2.45) is 5.41 Å². The molecule has 2 fully saturated rings. The van der Waals surface area contributed by atoms with Crippen LogP contribution in [0.2, 0.25) is 0 Å². The topological polar surface area (TPSA) is 96.2 Å². The van der Waals surface area contributed by atoms with Gasteiger partial charge in [-0.2, -0.15) is 4.98 Å². The molecule has 33 heavy (non-hydrogen) atoms. The molecule has 172 valence electrons. The lowest BCUT2D eigenvalue weighted by atomic mass is 9.74. The van der Waals surface area contributed by atoms with Gasteiger partial charge in [0.1, 0.15) is 0 Å². The summed E-state index contributed by atoms with van der Waals surface area (Å²) in [5.41, 5.74) is 5.84. The second-order valence-corrected chi connectivity index (χ2v) is 10.3. The Morgan fingerprint density at radius 3 is 2.67 bits per heavy atom. The Morgan fingerprint density at radius 1 is 1.24 bits per heavy atom. The smallest absolute Gasteiger partial charge is 0.292 e. The van der Waals surface area contributed by atoms with Crippen molar-refractivity contribution < 1.29 is 9.32 Å². The average molecular weight is 447 g/mol. The molecule has 2 aliphatic heterocycles. The molecule has 2 saturated heterocycles. The Bertz CT molecular complexity index is 1180. The second-order valence-electron chi connectivity index (χ2n) is 10.3. The molecule has 5 rings (SSSR count). The predicted octanol–water partition coefficient (Wildman–Crippen LogP) is 3.08. The van der Waals surface area contributed by atoms with E-state index in [1.165, 1.54) is 11.3 Å². The number of benzene rings is 1. The summed E-state index contributed by atoms with van der Waals surface area (Å²) in [5, 5.41) is 10.1. The average Bonchev–Trinajstić information content (AvgIpc) is 3.22. The fraction of sp³-hybridized carbons (Fsp3) is 0.440. The zero-order chi connectivity index (χ0) is 23.2. The van der Waals surface area contributed by atoms with E-state index in [0.717, 1.165) is 42.9 Å². The number of anilines is 1. The van der Waals surface area contributed by atoms with Crippen molar-refractivity contribution >= 4 is 11.6 Å². The minimum Gasteiger partial charge on any atom is -0.368 e. The van der Waals surface area contributed by atoms with Gasteiger partial charge in [-0.25, -0.2) is 0 Å². The van der Waals surface area contributed by atoms with Crippen LogP contribution in [0.1, 0.15) is 48.4 Å². The van der Waals surface area contributed by atoms with Crippen LogP contribution in [0.3, 0.4) is 0 Å². The summed E-state index contributed by atoms with van der Waals surface area (Å²) in [7, 11) is 0. The minimum atomic E-state index is -0.341. The highest BCUT2D eigenvalue weighted by molar-refractivity contribution is 5.90. The van der Waals surface area contributed by atoms with Crippen LogP contribution in [-0.2, 0) is 12.0 Å². The van der Waals surface area contributed by atoms with E-state index >= 15 is 0 Å². The van der Waals surface area contributed by atoms with Gasteiger partial charge in [0.25, 0.3) is 11.7 Å². The number of amides is 1. The van der Waals surface area contributed by atoms with Crippen molar-refractivity contribution in [3.8, 4) is 11.1 Å². The molecule has 1 amide bonds. The molecule has 2 aromatic heterocycles. The lowest BCUT2D eigenvalue weighted by molar-refractivity contribution is 0.0937. The number of pyridine rings is 1. The Labute approximate surface area is 193 Å². The number of carbonyl (C=O) groups excluding carboxylic acids is 1. The summed E-state index contributed by atoms with van der Waals surface area (Å²) >= 11 is 0. The van der Waals surface area contributed by atoms with Crippen LogP contribution in [0.15, 0.2) is 41.2 Å². The molecule has 0 radical (unpaired) electrons. The van der Waals surface area contributed by atoms with Gasteiger partial charge in [0.05, 0.1) is 11.9 Å². The molecule has 8 nitrogen and oxygen atoms in total. The molecule has 2 aliphatic rings. The Kier molecular flexibility index (Phi) is 5.20. The van der Waals surface area contributed by atoms with Crippen LogP contribution in [0, 0.1) is 12.3 Å². The van der Waals surface area contributed by atoms with Crippen LogP contribution in [0.4, 0.5) is 5.69 Å². The standard InChI is InChI=1S/C25H30N6O2/c1-16-9-17(19-7-8-26-11-20(19)31-14-25(15-31)12-27-13-25)5-6-18(16)10-28-22(32)21-29-23(33-30-21)24(2,3)4/h5-9,11,27H,10,12-15H2,1-4H3,(H,28,32). The van der Waals surface area contributed by atoms with Gasteiger partial charge in [0, 0.05) is 55.3 Å². The summed E-state index contributed by atoms with van der Waals surface area (Å²) in [5.74, 6) is 0.166. The van der Waals surface area contributed by atoms with E-state index in [0.29, 0.717) is 17.9 Å². The molecule has 3 aromatic rings. The van der Waals surface area contributed by atoms with Crippen LogP contribution in [0.25, 0.3) is 11.1 Å². The van der Waals surface area contributed by atoms with Gasteiger partial charge < -0.3 is 20.1 Å². The molecule has 0 atom stereocenters. The molecular formula is C25H30N6O2. The lowest BCUT2D eigenvalue weighted by Crippen LogP contribution is -2.71. The van der Waals surface area contributed by atoms with E-state index in [4.69, 9.17) is 4.52 Å². The first-order valence-corrected chi connectivity index (χ1v) is 11.4. The number of aryl methyl sites for hydroxylation is 1. The van der Waals surface area contributed by atoms with Gasteiger partial charge in [-0.05, 0) is 29.7 Å². The number of hydrogen-bond donors (Lipinski definition) is 2. The van der Waals surface area contributed by atoms with Gasteiger partial charge >= 0.3 is 0 Å². The third-order valence-electron chi connectivity index (χ3n) is 6.56. The SMILES string of the molecule is Cc1cc(-c2ccncc2N2CC3(CNC3)C2)ccc1CNC(=O)c1noc(C(C)(C)C)n1. The number of nitrogens with one attached hydrogen (secondary N) is 2. The van der Waals surface area contributed by atoms with Crippen molar-refractivity contribution in [1.29, 1.82) is 0 Å². The zero-order valence-corrected chi connectivity index (χ0v) is 19.6. The fourth-order valence-electron chi connectivity index (χ4n) is 4.45. The van der Waals surface area contributed by atoms with E-state index in [9.17, 15) is 4.79 Å². The van der Waals surface area contributed by atoms with E-state index in [-0.39, 0.29) is 17.1 Å². The first-order valence-electron chi connectivity index (χ1n) is 11.4. The molecule has 1 aromatic carbocycles. The first kappa shape index (κ1) is 21.6. The highest BCUT2D eigenvalue weighted by atomic mass is 16.5. The predicted molar refractivity (Wildman–Crippen MR) is 126 cm³/mol. The van der Waals surface area contributed by atoms with Gasteiger partial charge in [-0.15, -0.1) is 0 Å². The van der Waals surface area contributed by atoms with Crippen molar-refractivity contribution in [1.82, 2.24) is 25.8 Å². The van der Waals surface area contributed by atoms with E-state index < -0.39 is 0 Å². The second kappa shape index (κ2) is 7.95. The van der Waals surface area contributed by atoms with Crippen molar-refractivity contribution in [3.05, 3.63) is 59.5 Å². The Morgan fingerprint density at radius 2 is 2.03 bits per heavy atom. The van der Waals surface area contributed by atoms with E-state index in [1.54, 1.807) is 0 Å². The number of carbonyl (C=O) groups is 1. The Hall–Kier alpha value is -3.26. The molecule has 0 aliphatic carbocycles. The summed E-state index contributed by atoms with van der Waals surface area (Å²) in [6.07, 6.45) is 3.81. The maximum atomic E-state index is 12.5. The third-order valence-corrected chi connectivity index (χ3v) is 6.56. The first-order chi connectivity index (χ1) is 15.7. The van der Waals surface area contributed by atoms with Crippen LogP contribution in [0.5, 0.6) is 0 Å². The molecule has 1 spiro atoms. The van der Waals surface area contributed by atoms with Crippen LogP contribution >= 0.6 is 0 Å². The number of nitrogens with zero attached hydrogens (tertiary/aromatic N) is 4. The maximum absolute atomic E-state index is 12.5. The molecule has 2 N–H and O–H groups in total. The number of aromatic nitrogens is 3. The summed E-state index contributed by atoms with van der Waals surface area (Å²) in [6, 6.07) is 8.44. The summed E-state index contributed by atoms with van der Waals surface area (Å²) in [4.78, 5) is 23.5. The molecule has 4 heterocycles.